The third-order valence-electron chi connectivity index (χ3n) is 3.79. The lowest BCUT2D eigenvalue weighted by Crippen LogP contribution is -2.52. The Kier molecular flexibility index (Phi) is 7.01. The molecule has 19 heavy (non-hydrogen) atoms. The van der Waals surface area contributed by atoms with Crippen molar-refractivity contribution in [2.75, 3.05) is 19.6 Å². The summed E-state index contributed by atoms with van der Waals surface area (Å²) in [7, 11) is 0. The molecule has 0 aliphatic carbocycles. The molecule has 0 radical (unpaired) electrons. The second-order valence-corrected chi connectivity index (χ2v) is 7.15. The average molecular weight is 347 g/mol. The van der Waals surface area contributed by atoms with Crippen LogP contribution in [0.2, 0.25) is 0 Å². The summed E-state index contributed by atoms with van der Waals surface area (Å²) in [4.78, 5) is 3.94. The zero-order valence-electron chi connectivity index (χ0n) is 12.8. The second kappa shape index (κ2) is 7.77. The van der Waals surface area contributed by atoms with Gasteiger partial charge in [-0.2, -0.15) is 0 Å². The van der Waals surface area contributed by atoms with E-state index in [1.807, 2.05) is 11.3 Å². The van der Waals surface area contributed by atoms with Gasteiger partial charge in [0.1, 0.15) is 0 Å². The molecule has 0 bridgehead atoms. The van der Waals surface area contributed by atoms with Crippen LogP contribution in [0, 0.1) is 0 Å². The fraction of sp³-hybridized carbons (Fsp3) is 0.733. The number of rotatable bonds is 8. The van der Waals surface area contributed by atoms with Crippen LogP contribution < -0.4 is 5.32 Å². The van der Waals surface area contributed by atoms with E-state index in [-0.39, 0.29) is 5.54 Å². The summed E-state index contributed by atoms with van der Waals surface area (Å²) in [6.45, 7) is 14.6. The van der Waals surface area contributed by atoms with Crippen molar-refractivity contribution in [2.45, 2.75) is 52.6 Å². The van der Waals surface area contributed by atoms with Gasteiger partial charge in [0.25, 0.3) is 0 Å². The molecular weight excluding hydrogens is 320 g/mol. The van der Waals surface area contributed by atoms with E-state index in [0.717, 1.165) is 26.1 Å². The number of hydrogen-bond donors (Lipinski definition) is 1. The number of hydrogen-bond acceptors (Lipinski definition) is 3. The van der Waals surface area contributed by atoms with Gasteiger partial charge in [0.05, 0.1) is 6.04 Å². The topological polar surface area (TPSA) is 15.3 Å². The van der Waals surface area contributed by atoms with E-state index >= 15 is 0 Å². The summed E-state index contributed by atoms with van der Waals surface area (Å²) in [6, 6.07) is 2.51. The summed E-state index contributed by atoms with van der Waals surface area (Å²) >= 11 is 5.53. The Morgan fingerprint density at radius 2 is 1.95 bits per heavy atom. The molecule has 1 aromatic heterocycles. The Labute approximate surface area is 130 Å². The summed E-state index contributed by atoms with van der Waals surface area (Å²) in [5, 5.41) is 5.91. The van der Waals surface area contributed by atoms with E-state index in [9.17, 15) is 0 Å². The van der Waals surface area contributed by atoms with Crippen LogP contribution in [0.4, 0.5) is 0 Å². The monoisotopic (exact) mass is 346 g/mol. The standard InChI is InChI=1S/C15H27BrN2S/c1-6-10-17-14(13-12(16)9-11-19-13)15(4,5)18(7-2)8-3/h9,11,14,17H,6-8,10H2,1-5H3. The first-order valence-electron chi connectivity index (χ1n) is 7.20. The Morgan fingerprint density at radius 3 is 2.37 bits per heavy atom. The first kappa shape index (κ1) is 17.2. The molecular formula is C15H27BrN2S. The maximum Gasteiger partial charge on any atom is 0.0607 e. The molecule has 0 aromatic carbocycles. The zero-order valence-corrected chi connectivity index (χ0v) is 15.2. The minimum absolute atomic E-state index is 0.103. The van der Waals surface area contributed by atoms with Crippen molar-refractivity contribution in [3.63, 3.8) is 0 Å². The van der Waals surface area contributed by atoms with Gasteiger partial charge >= 0.3 is 0 Å². The minimum Gasteiger partial charge on any atom is -0.308 e. The third-order valence-corrected chi connectivity index (χ3v) is 5.73. The Balaban J connectivity index is 3.05. The lowest BCUT2D eigenvalue weighted by molar-refractivity contribution is 0.0923. The van der Waals surface area contributed by atoms with Gasteiger partial charge in [-0.1, -0.05) is 20.8 Å². The first-order valence-corrected chi connectivity index (χ1v) is 8.87. The molecule has 1 rings (SSSR count). The van der Waals surface area contributed by atoms with Crippen LogP contribution in [0.25, 0.3) is 0 Å². The average Bonchev–Trinajstić information content (AvgIpc) is 2.77. The van der Waals surface area contributed by atoms with Crippen molar-refractivity contribution in [1.82, 2.24) is 10.2 Å². The molecule has 1 N–H and O–H groups in total. The number of thiophene rings is 1. The maximum absolute atomic E-state index is 3.74. The highest BCUT2D eigenvalue weighted by atomic mass is 79.9. The van der Waals surface area contributed by atoms with Gasteiger partial charge in [0.2, 0.25) is 0 Å². The highest BCUT2D eigenvalue weighted by Gasteiger charge is 2.36. The van der Waals surface area contributed by atoms with Gasteiger partial charge in [-0.25, -0.2) is 0 Å². The predicted molar refractivity (Wildman–Crippen MR) is 90.1 cm³/mol. The molecule has 0 spiro atoms. The molecule has 0 aliphatic rings. The molecule has 0 saturated heterocycles. The molecule has 110 valence electrons. The Morgan fingerprint density at radius 1 is 1.32 bits per heavy atom. The summed E-state index contributed by atoms with van der Waals surface area (Å²) in [5.41, 5.74) is 0.103. The molecule has 2 nitrogen and oxygen atoms in total. The van der Waals surface area contributed by atoms with Crippen molar-refractivity contribution in [1.29, 1.82) is 0 Å². The fourth-order valence-corrected chi connectivity index (χ4v) is 4.54. The molecule has 1 atom stereocenters. The number of halogens is 1. The van der Waals surface area contributed by atoms with Gasteiger partial charge in [0, 0.05) is 14.9 Å². The number of nitrogens with zero attached hydrogens (tertiary/aromatic N) is 1. The maximum atomic E-state index is 3.74. The molecule has 1 heterocycles. The minimum atomic E-state index is 0.103. The van der Waals surface area contributed by atoms with Crippen LogP contribution in [0.5, 0.6) is 0 Å². The van der Waals surface area contributed by atoms with Crippen LogP contribution in [0.1, 0.15) is 52.0 Å². The van der Waals surface area contributed by atoms with Crippen molar-refractivity contribution in [3.05, 3.63) is 20.8 Å². The molecule has 1 aromatic rings. The summed E-state index contributed by atoms with van der Waals surface area (Å²) < 4.78 is 1.23. The van der Waals surface area contributed by atoms with Crippen LogP contribution in [0.15, 0.2) is 15.9 Å². The lowest BCUT2D eigenvalue weighted by atomic mass is 9.90. The highest BCUT2D eigenvalue weighted by molar-refractivity contribution is 9.10. The predicted octanol–water partition coefficient (Wildman–Crippen LogP) is 4.67. The summed E-state index contributed by atoms with van der Waals surface area (Å²) in [5.74, 6) is 0. The number of likely N-dealkylation sites (N-methyl/N-ethyl adjacent to an activating group) is 1. The smallest absolute Gasteiger partial charge is 0.0607 e. The highest BCUT2D eigenvalue weighted by Crippen LogP contribution is 2.38. The van der Waals surface area contributed by atoms with Crippen LogP contribution in [-0.2, 0) is 0 Å². The Hall–Kier alpha value is 0.1000. The van der Waals surface area contributed by atoms with Crippen LogP contribution in [0.3, 0.4) is 0 Å². The molecule has 0 saturated carbocycles. The van der Waals surface area contributed by atoms with Crippen molar-refractivity contribution < 1.29 is 0 Å². The quantitative estimate of drug-likeness (QED) is 0.735. The van der Waals surface area contributed by atoms with Gasteiger partial charge in [-0.15, -0.1) is 11.3 Å². The lowest BCUT2D eigenvalue weighted by Gasteiger charge is -2.43. The van der Waals surface area contributed by atoms with E-state index < -0.39 is 0 Å². The van der Waals surface area contributed by atoms with Crippen LogP contribution >= 0.6 is 27.3 Å². The van der Waals surface area contributed by atoms with Crippen molar-refractivity contribution in [3.8, 4) is 0 Å². The first-order chi connectivity index (χ1) is 8.98. The van der Waals surface area contributed by atoms with Crippen LogP contribution in [-0.4, -0.2) is 30.1 Å². The van der Waals surface area contributed by atoms with Crippen molar-refractivity contribution in [2.24, 2.45) is 0 Å². The van der Waals surface area contributed by atoms with E-state index in [0.29, 0.717) is 6.04 Å². The van der Waals surface area contributed by atoms with E-state index in [2.05, 4.69) is 72.2 Å². The SMILES string of the molecule is CCCNC(c1sccc1Br)C(C)(C)N(CC)CC. The normalized spacial score (nSPS) is 14.1. The fourth-order valence-electron chi connectivity index (χ4n) is 2.68. The summed E-state index contributed by atoms with van der Waals surface area (Å²) in [6.07, 6.45) is 1.16. The third kappa shape index (κ3) is 4.03. The molecule has 0 aliphatic heterocycles. The van der Waals surface area contributed by atoms with E-state index in [4.69, 9.17) is 0 Å². The molecule has 4 heteroatoms. The molecule has 0 fully saturated rings. The van der Waals surface area contributed by atoms with E-state index in [1.165, 1.54) is 9.35 Å². The van der Waals surface area contributed by atoms with Gasteiger partial charge < -0.3 is 5.32 Å². The molecule has 1 unspecified atom stereocenters. The van der Waals surface area contributed by atoms with E-state index in [1.54, 1.807) is 0 Å². The second-order valence-electron chi connectivity index (χ2n) is 5.35. The molecule has 0 amide bonds. The number of nitrogens with one attached hydrogen (secondary N) is 1. The largest absolute Gasteiger partial charge is 0.308 e. The zero-order chi connectivity index (χ0) is 14.5. The van der Waals surface area contributed by atoms with Gasteiger partial charge in [0.15, 0.2) is 0 Å². The Bertz CT molecular complexity index is 372. The van der Waals surface area contributed by atoms with Crippen molar-refractivity contribution >= 4 is 27.3 Å². The van der Waals surface area contributed by atoms with Gasteiger partial charge in [-0.05, 0) is 67.3 Å². The van der Waals surface area contributed by atoms with Gasteiger partial charge in [-0.3, -0.25) is 4.90 Å².